The Morgan fingerprint density at radius 1 is 1.35 bits per heavy atom. The molecular weight excluding hydrogens is 292 g/mol. The number of likely N-dealkylation sites (tertiary alicyclic amines) is 1. The van der Waals surface area contributed by atoms with Gasteiger partial charge in [0.1, 0.15) is 0 Å². The van der Waals surface area contributed by atoms with E-state index in [2.05, 4.69) is 5.32 Å². The standard InChI is InChI=1S/C17H24N4O2/c1-12-14(16(22)20-9-3-2-5-13(20)11-18)6-4-7-15(12)21-10-8-19-17(21)23/h4,6-7,13H,2-3,5,8-11,18H2,1H3,(H,19,23)/t13-/m1/s1. The summed E-state index contributed by atoms with van der Waals surface area (Å²) in [5, 5.41) is 2.80. The van der Waals surface area contributed by atoms with Crippen LogP contribution in [0.4, 0.5) is 10.5 Å². The van der Waals surface area contributed by atoms with Crippen molar-refractivity contribution in [2.24, 2.45) is 5.73 Å². The van der Waals surface area contributed by atoms with E-state index in [1.54, 1.807) is 4.90 Å². The van der Waals surface area contributed by atoms with E-state index in [-0.39, 0.29) is 18.0 Å². The van der Waals surface area contributed by atoms with Gasteiger partial charge in [-0.25, -0.2) is 4.79 Å². The summed E-state index contributed by atoms with van der Waals surface area (Å²) in [5.74, 6) is 0.0269. The lowest BCUT2D eigenvalue weighted by atomic mass is 9.98. The van der Waals surface area contributed by atoms with Crippen LogP contribution in [0, 0.1) is 6.92 Å². The fourth-order valence-electron chi connectivity index (χ4n) is 3.52. The van der Waals surface area contributed by atoms with Gasteiger partial charge < -0.3 is 16.0 Å². The first kappa shape index (κ1) is 15.8. The van der Waals surface area contributed by atoms with E-state index in [0.29, 0.717) is 25.2 Å². The summed E-state index contributed by atoms with van der Waals surface area (Å²) in [7, 11) is 0. The molecule has 3 N–H and O–H groups in total. The van der Waals surface area contributed by atoms with Gasteiger partial charge in [0.25, 0.3) is 5.91 Å². The second-order valence-electron chi connectivity index (χ2n) is 6.22. The van der Waals surface area contributed by atoms with E-state index in [9.17, 15) is 9.59 Å². The maximum Gasteiger partial charge on any atom is 0.322 e. The molecule has 1 aromatic rings. The molecule has 3 amide bonds. The number of carbonyl (C=O) groups is 2. The molecule has 0 aromatic heterocycles. The molecule has 2 aliphatic heterocycles. The second-order valence-corrected chi connectivity index (χ2v) is 6.22. The number of nitrogens with two attached hydrogens (primary N) is 1. The maximum absolute atomic E-state index is 13.0. The predicted molar refractivity (Wildman–Crippen MR) is 89.7 cm³/mol. The number of amides is 3. The summed E-state index contributed by atoms with van der Waals surface area (Å²) in [6.07, 6.45) is 3.11. The highest BCUT2D eigenvalue weighted by molar-refractivity contribution is 6.00. The molecule has 2 fully saturated rings. The molecule has 6 nitrogen and oxygen atoms in total. The van der Waals surface area contributed by atoms with Gasteiger partial charge >= 0.3 is 6.03 Å². The first-order chi connectivity index (χ1) is 11.1. The summed E-state index contributed by atoms with van der Waals surface area (Å²) in [6, 6.07) is 5.61. The molecule has 0 unspecified atom stereocenters. The molecule has 2 saturated heterocycles. The van der Waals surface area contributed by atoms with E-state index in [0.717, 1.165) is 37.1 Å². The number of nitrogens with one attached hydrogen (secondary N) is 1. The van der Waals surface area contributed by atoms with Gasteiger partial charge in [-0.2, -0.15) is 0 Å². The van der Waals surface area contributed by atoms with Crippen molar-refractivity contribution in [3.8, 4) is 0 Å². The number of piperidine rings is 1. The lowest BCUT2D eigenvalue weighted by Gasteiger charge is -2.35. The van der Waals surface area contributed by atoms with Crippen LogP contribution in [0.5, 0.6) is 0 Å². The minimum atomic E-state index is -0.101. The first-order valence-electron chi connectivity index (χ1n) is 8.29. The zero-order chi connectivity index (χ0) is 16.4. The summed E-state index contributed by atoms with van der Waals surface area (Å²) >= 11 is 0. The number of anilines is 1. The van der Waals surface area contributed by atoms with Gasteiger partial charge in [-0.3, -0.25) is 9.69 Å². The van der Waals surface area contributed by atoms with Crippen LogP contribution in [0.3, 0.4) is 0 Å². The van der Waals surface area contributed by atoms with Gasteiger partial charge in [-0.05, 0) is 43.9 Å². The molecule has 23 heavy (non-hydrogen) atoms. The minimum absolute atomic E-state index is 0.0269. The van der Waals surface area contributed by atoms with Crippen molar-refractivity contribution in [1.29, 1.82) is 0 Å². The number of urea groups is 1. The van der Waals surface area contributed by atoms with E-state index in [1.807, 2.05) is 30.0 Å². The highest BCUT2D eigenvalue weighted by Crippen LogP contribution is 2.27. The Balaban J connectivity index is 1.90. The molecule has 1 aromatic carbocycles. The monoisotopic (exact) mass is 316 g/mol. The van der Waals surface area contributed by atoms with E-state index in [1.165, 1.54) is 0 Å². The van der Waals surface area contributed by atoms with Crippen LogP contribution < -0.4 is 16.0 Å². The number of rotatable bonds is 3. The van der Waals surface area contributed by atoms with Crippen molar-refractivity contribution >= 4 is 17.6 Å². The van der Waals surface area contributed by atoms with Crippen molar-refractivity contribution in [3.63, 3.8) is 0 Å². The fourth-order valence-corrected chi connectivity index (χ4v) is 3.52. The van der Waals surface area contributed by atoms with Crippen molar-refractivity contribution in [1.82, 2.24) is 10.2 Å². The largest absolute Gasteiger partial charge is 0.336 e. The molecule has 6 heteroatoms. The summed E-state index contributed by atoms with van der Waals surface area (Å²) in [6.45, 7) is 4.44. The quantitative estimate of drug-likeness (QED) is 0.886. The zero-order valence-electron chi connectivity index (χ0n) is 13.5. The number of hydrogen-bond donors (Lipinski definition) is 2. The molecule has 0 spiro atoms. The molecule has 0 bridgehead atoms. The van der Waals surface area contributed by atoms with Crippen LogP contribution in [0.25, 0.3) is 0 Å². The summed E-state index contributed by atoms with van der Waals surface area (Å²) in [4.78, 5) is 28.5. The molecule has 2 heterocycles. The van der Waals surface area contributed by atoms with Crippen LogP contribution in [-0.2, 0) is 0 Å². The lowest BCUT2D eigenvalue weighted by Crippen LogP contribution is -2.47. The Morgan fingerprint density at radius 3 is 2.87 bits per heavy atom. The van der Waals surface area contributed by atoms with Crippen LogP contribution in [0.15, 0.2) is 18.2 Å². The average Bonchev–Trinajstić information content (AvgIpc) is 3.00. The molecule has 3 rings (SSSR count). The van der Waals surface area contributed by atoms with E-state index >= 15 is 0 Å². The number of benzene rings is 1. The minimum Gasteiger partial charge on any atom is -0.336 e. The van der Waals surface area contributed by atoms with Gasteiger partial charge in [-0.15, -0.1) is 0 Å². The number of nitrogens with zero attached hydrogens (tertiary/aromatic N) is 2. The molecule has 124 valence electrons. The third-order valence-electron chi connectivity index (χ3n) is 4.84. The van der Waals surface area contributed by atoms with Gasteiger partial charge in [0.15, 0.2) is 0 Å². The van der Waals surface area contributed by atoms with Crippen LogP contribution in [0.2, 0.25) is 0 Å². The third-order valence-corrected chi connectivity index (χ3v) is 4.84. The molecule has 2 aliphatic rings. The van der Waals surface area contributed by atoms with Crippen molar-refractivity contribution < 1.29 is 9.59 Å². The zero-order valence-corrected chi connectivity index (χ0v) is 13.5. The smallest absolute Gasteiger partial charge is 0.322 e. The molecule has 1 atom stereocenters. The van der Waals surface area contributed by atoms with E-state index < -0.39 is 0 Å². The van der Waals surface area contributed by atoms with Gasteiger partial charge in [-0.1, -0.05) is 6.07 Å². The second kappa shape index (κ2) is 6.58. The Bertz CT molecular complexity index is 617. The lowest BCUT2D eigenvalue weighted by molar-refractivity contribution is 0.0622. The first-order valence-corrected chi connectivity index (χ1v) is 8.29. The maximum atomic E-state index is 13.0. The summed E-state index contributed by atoms with van der Waals surface area (Å²) in [5.41, 5.74) is 8.18. The van der Waals surface area contributed by atoms with Gasteiger partial charge in [0.2, 0.25) is 0 Å². The van der Waals surface area contributed by atoms with Gasteiger partial charge in [0, 0.05) is 43.5 Å². The Hall–Kier alpha value is -2.08. The highest BCUT2D eigenvalue weighted by Gasteiger charge is 2.29. The Labute approximate surface area is 136 Å². The number of hydrogen-bond acceptors (Lipinski definition) is 3. The molecule has 0 radical (unpaired) electrons. The molecule has 0 saturated carbocycles. The normalized spacial score (nSPS) is 21.5. The Kier molecular flexibility index (Phi) is 4.52. The third kappa shape index (κ3) is 2.91. The molecular formula is C17H24N4O2. The highest BCUT2D eigenvalue weighted by atomic mass is 16.2. The van der Waals surface area contributed by atoms with E-state index in [4.69, 9.17) is 5.73 Å². The average molecular weight is 316 g/mol. The molecule has 0 aliphatic carbocycles. The van der Waals surface area contributed by atoms with Crippen molar-refractivity contribution in [2.45, 2.75) is 32.2 Å². The van der Waals surface area contributed by atoms with Crippen LogP contribution >= 0.6 is 0 Å². The fraction of sp³-hybridized carbons (Fsp3) is 0.529. The van der Waals surface area contributed by atoms with Crippen molar-refractivity contribution in [3.05, 3.63) is 29.3 Å². The van der Waals surface area contributed by atoms with Crippen molar-refractivity contribution in [2.75, 3.05) is 31.1 Å². The predicted octanol–water partition coefficient (Wildman–Crippen LogP) is 1.48. The SMILES string of the molecule is Cc1c(C(=O)N2CCCC[C@@H]2CN)cccc1N1CCNC1=O. The Morgan fingerprint density at radius 2 is 2.17 bits per heavy atom. The summed E-state index contributed by atoms with van der Waals surface area (Å²) < 4.78 is 0. The van der Waals surface area contributed by atoms with Crippen LogP contribution in [0.1, 0.15) is 35.2 Å². The number of carbonyl (C=O) groups excluding carboxylic acids is 2. The van der Waals surface area contributed by atoms with Gasteiger partial charge in [0.05, 0.1) is 0 Å². The van der Waals surface area contributed by atoms with Crippen LogP contribution in [-0.4, -0.2) is 49.1 Å². The topological polar surface area (TPSA) is 78.7 Å².